The first-order chi connectivity index (χ1) is 12.2. The highest BCUT2D eigenvalue weighted by molar-refractivity contribution is 5.60. The number of hydrogen-bond acceptors (Lipinski definition) is 5. The summed E-state index contributed by atoms with van der Waals surface area (Å²) in [5, 5.41) is 10.3. The number of aromatic nitrogens is 1. The number of benzene rings is 1. The second-order valence-corrected chi connectivity index (χ2v) is 7.21. The summed E-state index contributed by atoms with van der Waals surface area (Å²) < 4.78 is 11.7. The monoisotopic (exact) mass is 342 g/mol. The number of ether oxygens (including phenoxy) is 1. The molecule has 2 heterocycles. The van der Waals surface area contributed by atoms with Crippen LogP contribution in [0.2, 0.25) is 0 Å². The minimum atomic E-state index is -0.207. The second-order valence-electron chi connectivity index (χ2n) is 7.21. The van der Waals surface area contributed by atoms with Crippen molar-refractivity contribution >= 4 is 0 Å². The lowest BCUT2D eigenvalue weighted by atomic mass is 9.94. The molecule has 5 heteroatoms. The molecule has 0 radical (unpaired) electrons. The molecule has 25 heavy (non-hydrogen) atoms. The first-order valence-electron chi connectivity index (χ1n) is 9.23. The number of rotatable bonds is 4. The maximum Gasteiger partial charge on any atom is 0.209 e. The van der Waals surface area contributed by atoms with Crippen molar-refractivity contribution in [3.8, 4) is 11.3 Å². The van der Waals surface area contributed by atoms with Crippen molar-refractivity contribution in [1.82, 2.24) is 9.88 Å². The standard InChI is InChI=1S/C20H26N2O3/c1-14-5-2-3-6-15(14)19-11-21-20(25-19)12-22-9-10-24-13-17(22)16-7-4-8-18(16)23/h2-3,5-6,11,16-18,23H,4,7-10,12-13H2,1H3/t16-,17+,18+/m0/s1. The Morgan fingerprint density at radius 2 is 2.16 bits per heavy atom. The molecule has 134 valence electrons. The van der Waals surface area contributed by atoms with Crippen molar-refractivity contribution < 1.29 is 14.3 Å². The van der Waals surface area contributed by atoms with E-state index in [1.807, 2.05) is 18.3 Å². The molecule has 1 N–H and O–H groups in total. The van der Waals surface area contributed by atoms with Crippen molar-refractivity contribution in [3.63, 3.8) is 0 Å². The molecule has 2 aromatic rings. The molecule has 1 aromatic heterocycles. The Morgan fingerprint density at radius 3 is 2.96 bits per heavy atom. The molecular weight excluding hydrogens is 316 g/mol. The fraction of sp³-hybridized carbons (Fsp3) is 0.550. The topological polar surface area (TPSA) is 58.7 Å². The molecule has 0 amide bonds. The molecule has 4 rings (SSSR count). The Bertz CT molecular complexity index is 714. The van der Waals surface area contributed by atoms with Gasteiger partial charge in [0.2, 0.25) is 5.89 Å². The summed E-state index contributed by atoms with van der Waals surface area (Å²) in [6, 6.07) is 8.44. The van der Waals surface area contributed by atoms with E-state index >= 15 is 0 Å². The number of morpholine rings is 1. The van der Waals surface area contributed by atoms with E-state index in [-0.39, 0.29) is 12.1 Å². The zero-order valence-electron chi connectivity index (χ0n) is 14.7. The maximum absolute atomic E-state index is 10.3. The van der Waals surface area contributed by atoms with Gasteiger partial charge in [-0.1, -0.05) is 30.7 Å². The molecule has 0 spiro atoms. The predicted molar refractivity (Wildman–Crippen MR) is 95.0 cm³/mol. The number of oxazole rings is 1. The smallest absolute Gasteiger partial charge is 0.209 e. The van der Waals surface area contributed by atoms with Crippen LogP contribution in [-0.4, -0.2) is 46.9 Å². The van der Waals surface area contributed by atoms with Crippen molar-refractivity contribution in [2.45, 2.75) is 44.9 Å². The minimum absolute atomic E-state index is 0.207. The van der Waals surface area contributed by atoms with Crippen LogP contribution in [0.15, 0.2) is 34.9 Å². The molecule has 2 aliphatic rings. The average Bonchev–Trinajstić information content (AvgIpc) is 3.25. The zero-order chi connectivity index (χ0) is 17.2. The number of aryl methyl sites for hydroxylation is 1. The highest BCUT2D eigenvalue weighted by Gasteiger charge is 2.37. The normalized spacial score (nSPS) is 27.7. The number of nitrogens with zero attached hydrogens (tertiary/aromatic N) is 2. The zero-order valence-corrected chi connectivity index (χ0v) is 14.7. The van der Waals surface area contributed by atoms with Gasteiger partial charge >= 0.3 is 0 Å². The minimum Gasteiger partial charge on any atom is -0.439 e. The third-order valence-electron chi connectivity index (χ3n) is 5.61. The Hall–Kier alpha value is -1.69. The Labute approximate surface area is 148 Å². The van der Waals surface area contributed by atoms with Crippen LogP contribution in [0.1, 0.15) is 30.7 Å². The average molecular weight is 342 g/mol. The number of aliphatic hydroxyl groups is 1. The van der Waals surface area contributed by atoms with Crippen LogP contribution in [0, 0.1) is 12.8 Å². The van der Waals surface area contributed by atoms with E-state index in [1.165, 1.54) is 5.56 Å². The van der Waals surface area contributed by atoms with Crippen LogP contribution < -0.4 is 0 Å². The molecular formula is C20H26N2O3. The van der Waals surface area contributed by atoms with E-state index in [1.54, 1.807) is 0 Å². The van der Waals surface area contributed by atoms with Crippen LogP contribution in [-0.2, 0) is 11.3 Å². The van der Waals surface area contributed by atoms with Crippen LogP contribution >= 0.6 is 0 Å². The van der Waals surface area contributed by atoms with Gasteiger partial charge in [0.05, 0.1) is 32.1 Å². The third kappa shape index (κ3) is 3.50. The highest BCUT2D eigenvalue weighted by Crippen LogP contribution is 2.33. The summed E-state index contributed by atoms with van der Waals surface area (Å²) in [7, 11) is 0. The summed E-state index contributed by atoms with van der Waals surface area (Å²) in [4.78, 5) is 6.87. The number of hydrogen-bond donors (Lipinski definition) is 1. The van der Waals surface area contributed by atoms with Gasteiger partial charge in [0.15, 0.2) is 5.76 Å². The third-order valence-corrected chi connectivity index (χ3v) is 5.61. The Kier molecular flexibility index (Phi) is 4.88. The van der Waals surface area contributed by atoms with E-state index in [0.717, 1.165) is 49.6 Å². The first kappa shape index (κ1) is 16.8. The second kappa shape index (κ2) is 7.28. The van der Waals surface area contributed by atoms with Gasteiger partial charge in [-0.15, -0.1) is 0 Å². The largest absolute Gasteiger partial charge is 0.439 e. The lowest BCUT2D eigenvalue weighted by Crippen LogP contribution is -2.50. The van der Waals surface area contributed by atoms with E-state index in [4.69, 9.17) is 9.15 Å². The summed E-state index contributed by atoms with van der Waals surface area (Å²) in [6.07, 6.45) is 4.70. The molecule has 5 nitrogen and oxygen atoms in total. The molecule has 1 saturated heterocycles. The summed E-state index contributed by atoms with van der Waals surface area (Å²) in [5.74, 6) is 1.85. The molecule has 1 saturated carbocycles. The first-order valence-corrected chi connectivity index (χ1v) is 9.23. The summed E-state index contributed by atoms with van der Waals surface area (Å²) >= 11 is 0. The molecule has 0 bridgehead atoms. The van der Waals surface area contributed by atoms with E-state index in [9.17, 15) is 5.11 Å². The fourth-order valence-corrected chi connectivity index (χ4v) is 4.20. The van der Waals surface area contributed by atoms with Gasteiger partial charge < -0.3 is 14.3 Å². The molecule has 1 aromatic carbocycles. The summed E-state index contributed by atoms with van der Waals surface area (Å²) in [5.41, 5.74) is 2.27. The van der Waals surface area contributed by atoms with E-state index < -0.39 is 0 Å². The Morgan fingerprint density at radius 1 is 1.28 bits per heavy atom. The number of aliphatic hydroxyl groups excluding tert-OH is 1. The lowest BCUT2D eigenvalue weighted by molar-refractivity contribution is -0.0562. The van der Waals surface area contributed by atoms with Gasteiger partial charge in [0.1, 0.15) is 0 Å². The van der Waals surface area contributed by atoms with E-state index in [0.29, 0.717) is 19.1 Å². The van der Waals surface area contributed by atoms with Gasteiger partial charge in [0, 0.05) is 24.1 Å². The predicted octanol–water partition coefficient (Wildman–Crippen LogP) is 3.01. The van der Waals surface area contributed by atoms with Gasteiger partial charge in [-0.2, -0.15) is 0 Å². The van der Waals surface area contributed by atoms with Gasteiger partial charge in [0.25, 0.3) is 0 Å². The van der Waals surface area contributed by atoms with Crippen LogP contribution in [0.25, 0.3) is 11.3 Å². The maximum atomic E-state index is 10.3. The van der Waals surface area contributed by atoms with Crippen molar-refractivity contribution in [1.29, 1.82) is 0 Å². The van der Waals surface area contributed by atoms with Gasteiger partial charge in [-0.3, -0.25) is 4.90 Å². The highest BCUT2D eigenvalue weighted by atomic mass is 16.5. The lowest BCUT2D eigenvalue weighted by Gasteiger charge is -2.39. The van der Waals surface area contributed by atoms with Crippen molar-refractivity contribution in [2.75, 3.05) is 19.8 Å². The molecule has 1 aliphatic carbocycles. The van der Waals surface area contributed by atoms with Gasteiger partial charge in [-0.05, 0) is 25.3 Å². The molecule has 1 aliphatic heterocycles. The van der Waals surface area contributed by atoms with Crippen LogP contribution in [0.4, 0.5) is 0 Å². The SMILES string of the molecule is Cc1ccccc1-c1cnc(CN2CCOC[C@@H]2[C@@H]2CCC[C@H]2O)o1. The van der Waals surface area contributed by atoms with Crippen molar-refractivity contribution in [2.24, 2.45) is 5.92 Å². The molecule has 2 fully saturated rings. The van der Waals surface area contributed by atoms with Crippen LogP contribution in [0.5, 0.6) is 0 Å². The van der Waals surface area contributed by atoms with Crippen LogP contribution in [0.3, 0.4) is 0 Å². The summed E-state index contributed by atoms with van der Waals surface area (Å²) in [6.45, 7) is 5.02. The molecule has 3 atom stereocenters. The Balaban J connectivity index is 1.50. The van der Waals surface area contributed by atoms with Crippen molar-refractivity contribution in [3.05, 3.63) is 41.9 Å². The molecule has 0 unspecified atom stereocenters. The quantitative estimate of drug-likeness (QED) is 0.925. The fourth-order valence-electron chi connectivity index (χ4n) is 4.20. The van der Waals surface area contributed by atoms with E-state index in [2.05, 4.69) is 28.9 Å². The van der Waals surface area contributed by atoms with Gasteiger partial charge in [-0.25, -0.2) is 4.98 Å².